The standard InChI is InChI=1S/C12H12F3N3O3S/c1-20-5-7(16)10(19)18-11-17-8-3-2-6(4-9(8)22-11)21-12(13,14)15/h2-4,7H,5,16H2,1H3,(H,17,18,19). The number of nitrogens with two attached hydrogens (primary N) is 1. The number of amides is 1. The molecule has 22 heavy (non-hydrogen) atoms. The van der Waals surface area contributed by atoms with Gasteiger partial charge in [-0.3, -0.25) is 4.79 Å². The fourth-order valence-electron chi connectivity index (χ4n) is 1.61. The number of carbonyl (C=O) groups is 1. The number of fused-ring (bicyclic) bond motifs is 1. The zero-order chi connectivity index (χ0) is 16.3. The molecule has 1 unspecified atom stereocenters. The van der Waals surface area contributed by atoms with E-state index in [0.29, 0.717) is 10.2 Å². The van der Waals surface area contributed by atoms with Crippen LogP contribution in [0.4, 0.5) is 18.3 Å². The molecule has 2 aromatic rings. The normalized spacial score (nSPS) is 13.1. The molecule has 0 aliphatic heterocycles. The third kappa shape index (κ3) is 4.29. The molecule has 0 bridgehead atoms. The van der Waals surface area contributed by atoms with Crippen molar-refractivity contribution in [3.63, 3.8) is 0 Å². The highest BCUT2D eigenvalue weighted by atomic mass is 32.1. The summed E-state index contributed by atoms with van der Waals surface area (Å²) in [7, 11) is 1.41. The van der Waals surface area contributed by atoms with Crippen LogP contribution < -0.4 is 15.8 Å². The quantitative estimate of drug-likeness (QED) is 0.874. The van der Waals surface area contributed by atoms with Gasteiger partial charge in [-0.2, -0.15) is 0 Å². The number of nitrogens with zero attached hydrogens (tertiary/aromatic N) is 1. The third-order valence-corrected chi connectivity index (χ3v) is 3.44. The second-order valence-corrected chi connectivity index (χ2v) is 5.28. The highest BCUT2D eigenvalue weighted by Crippen LogP contribution is 2.31. The Kier molecular flexibility index (Phi) is 4.84. The Morgan fingerprint density at radius 1 is 1.50 bits per heavy atom. The van der Waals surface area contributed by atoms with Crippen LogP contribution in [0.25, 0.3) is 10.2 Å². The Labute approximate surface area is 127 Å². The highest BCUT2D eigenvalue weighted by molar-refractivity contribution is 7.22. The average molecular weight is 335 g/mol. The molecule has 0 spiro atoms. The summed E-state index contributed by atoms with van der Waals surface area (Å²) in [6, 6.07) is 2.86. The lowest BCUT2D eigenvalue weighted by molar-refractivity contribution is -0.274. The number of hydrogen-bond donors (Lipinski definition) is 2. The predicted molar refractivity (Wildman–Crippen MR) is 74.8 cm³/mol. The zero-order valence-corrected chi connectivity index (χ0v) is 12.1. The minimum atomic E-state index is -4.76. The van der Waals surface area contributed by atoms with E-state index < -0.39 is 18.3 Å². The summed E-state index contributed by atoms with van der Waals surface area (Å²) in [6.07, 6.45) is -4.76. The van der Waals surface area contributed by atoms with Crippen molar-refractivity contribution in [2.24, 2.45) is 5.73 Å². The molecule has 0 saturated carbocycles. The third-order valence-electron chi connectivity index (χ3n) is 2.51. The number of aromatic nitrogens is 1. The van der Waals surface area contributed by atoms with Gasteiger partial charge >= 0.3 is 6.36 Å². The van der Waals surface area contributed by atoms with Gasteiger partial charge in [0.1, 0.15) is 11.8 Å². The number of hydrogen-bond acceptors (Lipinski definition) is 6. The van der Waals surface area contributed by atoms with Gasteiger partial charge in [0.2, 0.25) is 5.91 Å². The van der Waals surface area contributed by atoms with Crippen molar-refractivity contribution in [2.75, 3.05) is 19.0 Å². The van der Waals surface area contributed by atoms with E-state index >= 15 is 0 Å². The van der Waals surface area contributed by atoms with E-state index in [-0.39, 0.29) is 17.5 Å². The number of ether oxygens (including phenoxy) is 2. The SMILES string of the molecule is COCC(N)C(=O)Nc1nc2ccc(OC(F)(F)F)cc2s1. The van der Waals surface area contributed by atoms with E-state index in [1.807, 2.05) is 0 Å². The van der Waals surface area contributed by atoms with E-state index in [0.717, 1.165) is 17.4 Å². The van der Waals surface area contributed by atoms with Crippen molar-refractivity contribution >= 4 is 32.6 Å². The van der Waals surface area contributed by atoms with Crippen LogP contribution in [-0.2, 0) is 9.53 Å². The molecule has 0 aliphatic rings. The van der Waals surface area contributed by atoms with Gasteiger partial charge in [0, 0.05) is 13.2 Å². The van der Waals surface area contributed by atoms with Gasteiger partial charge in [-0.1, -0.05) is 11.3 Å². The second kappa shape index (κ2) is 6.46. The molecule has 0 aliphatic carbocycles. The maximum absolute atomic E-state index is 12.2. The van der Waals surface area contributed by atoms with E-state index in [9.17, 15) is 18.0 Å². The molecular formula is C12H12F3N3O3S. The minimum Gasteiger partial charge on any atom is -0.406 e. The molecule has 10 heteroatoms. The lowest BCUT2D eigenvalue weighted by Crippen LogP contribution is -2.39. The summed E-state index contributed by atoms with van der Waals surface area (Å²) in [4.78, 5) is 15.8. The number of carbonyl (C=O) groups excluding carboxylic acids is 1. The van der Waals surface area contributed by atoms with Crippen LogP contribution in [0.1, 0.15) is 0 Å². The topological polar surface area (TPSA) is 86.5 Å². The van der Waals surface area contributed by atoms with Crippen molar-refractivity contribution in [1.82, 2.24) is 4.98 Å². The Balaban J connectivity index is 2.15. The number of nitrogens with one attached hydrogen (secondary N) is 1. The first-order valence-electron chi connectivity index (χ1n) is 6.00. The number of benzene rings is 1. The molecule has 1 aromatic heterocycles. The maximum atomic E-state index is 12.2. The van der Waals surface area contributed by atoms with Crippen LogP contribution in [0.2, 0.25) is 0 Å². The number of halogens is 3. The van der Waals surface area contributed by atoms with Crippen LogP contribution in [-0.4, -0.2) is 37.0 Å². The van der Waals surface area contributed by atoms with Crippen LogP contribution in [0.5, 0.6) is 5.75 Å². The fourth-order valence-corrected chi connectivity index (χ4v) is 2.51. The summed E-state index contributed by atoms with van der Waals surface area (Å²) in [5.41, 5.74) is 6.00. The Morgan fingerprint density at radius 2 is 2.23 bits per heavy atom. The van der Waals surface area contributed by atoms with Gasteiger partial charge in [-0.05, 0) is 12.1 Å². The first-order chi connectivity index (χ1) is 10.3. The summed E-state index contributed by atoms with van der Waals surface area (Å²) in [6.45, 7) is 0.0420. The van der Waals surface area contributed by atoms with Gasteiger partial charge in [0.05, 0.1) is 16.8 Å². The Hall–Kier alpha value is -1.91. The lowest BCUT2D eigenvalue weighted by Gasteiger charge is -2.08. The Bertz CT molecular complexity index is 674. The van der Waals surface area contributed by atoms with Crippen molar-refractivity contribution < 1.29 is 27.4 Å². The number of alkyl halides is 3. The van der Waals surface area contributed by atoms with Gasteiger partial charge < -0.3 is 20.5 Å². The molecular weight excluding hydrogens is 323 g/mol. The van der Waals surface area contributed by atoms with Crippen LogP contribution in [0, 0.1) is 0 Å². The molecule has 1 heterocycles. The molecule has 3 N–H and O–H groups in total. The molecule has 1 atom stereocenters. The molecule has 1 amide bonds. The van der Waals surface area contributed by atoms with Crippen molar-refractivity contribution in [1.29, 1.82) is 0 Å². The van der Waals surface area contributed by atoms with Gasteiger partial charge in [0.15, 0.2) is 5.13 Å². The lowest BCUT2D eigenvalue weighted by atomic mass is 10.3. The molecule has 120 valence electrons. The molecule has 0 saturated heterocycles. The van der Waals surface area contributed by atoms with Crippen molar-refractivity contribution in [2.45, 2.75) is 12.4 Å². The zero-order valence-electron chi connectivity index (χ0n) is 11.3. The van der Waals surface area contributed by atoms with Crippen LogP contribution in [0.15, 0.2) is 18.2 Å². The highest BCUT2D eigenvalue weighted by Gasteiger charge is 2.31. The van der Waals surface area contributed by atoms with Crippen LogP contribution in [0.3, 0.4) is 0 Å². The fraction of sp³-hybridized carbons (Fsp3) is 0.333. The maximum Gasteiger partial charge on any atom is 0.573 e. The number of anilines is 1. The van der Waals surface area contributed by atoms with E-state index in [2.05, 4.69) is 15.0 Å². The van der Waals surface area contributed by atoms with E-state index in [1.54, 1.807) is 0 Å². The number of methoxy groups -OCH3 is 1. The Morgan fingerprint density at radius 3 is 2.86 bits per heavy atom. The largest absolute Gasteiger partial charge is 0.573 e. The summed E-state index contributed by atoms with van der Waals surface area (Å²) in [5, 5.41) is 2.72. The predicted octanol–water partition coefficient (Wildman–Crippen LogP) is 2.11. The average Bonchev–Trinajstić information content (AvgIpc) is 2.78. The summed E-state index contributed by atoms with van der Waals surface area (Å²) in [5.74, 6) is -0.842. The van der Waals surface area contributed by atoms with Gasteiger partial charge in [0.25, 0.3) is 0 Å². The van der Waals surface area contributed by atoms with Gasteiger partial charge in [-0.15, -0.1) is 13.2 Å². The van der Waals surface area contributed by atoms with E-state index in [4.69, 9.17) is 10.5 Å². The molecule has 1 aromatic carbocycles. The molecule has 6 nitrogen and oxygen atoms in total. The van der Waals surface area contributed by atoms with E-state index in [1.165, 1.54) is 19.2 Å². The first-order valence-corrected chi connectivity index (χ1v) is 6.82. The minimum absolute atomic E-state index is 0.0420. The first kappa shape index (κ1) is 16.5. The van der Waals surface area contributed by atoms with Crippen LogP contribution >= 0.6 is 11.3 Å². The smallest absolute Gasteiger partial charge is 0.406 e. The summed E-state index contributed by atoms with van der Waals surface area (Å²) < 4.78 is 45.5. The molecule has 0 radical (unpaired) electrons. The molecule has 2 rings (SSSR count). The summed E-state index contributed by atoms with van der Waals surface area (Å²) >= 11 is 1.01. The number of rotatable bonds is 5. The van der Waals surface area contributed by atoms with Crippen molar-refractivity contribution in [3.8, 4) is 5.75 Å². The monoisotopic (exact) mass is 335 g/mol. The second-order valence-electron chi connectivity index (χ2n) is 4.25. The van der Waals surface area contributed by atoms with Crippen molar-refractivity contribution in [3.05, 3.63) is 18.2 Å². The molecule has 0 fully saturated rings. The van der Waals surface area contributed by atoms with Gasteiger partial charge in [-0.25, -0.2) is 4.98 Å². The number of thiazole rings is 1.